The molecule has 5 heteroatoms. The number of aromatic nitrogens is 2. The zero-order valence-electron chi connectivity index (χ0n) is 13.1. The van der Waals surface area contributed by atoms with E-state index in [0.29, 0.717) is 23.9 Å². The second kappa shape index (κ2) is 6.71. The smallest absolute Gasteiger partial charge is 0.222 e. The third kappa shape index (κ3) is 3.52. The summed E-state index contributed by atoms with van der Waals surface area (Å²) in [5, 5.41) is 3.40. The lowest BCUT2D eigenvalue weighted by molar-refractivity contribution is 0.423. The standard InChI is InChI=1S/C16H27N5/c1-11-14(12(2)21-20-11)7-9-17-16-18-10-8-15(19-16)13-5-3-4-6-13/h8,10-14,20-21H,3-7,9H2,1-2H3,(H,17,18,19). The van der Waals surface area contributed by atoms with Gasteiger partial charge in [-0.05, 0) is 45.1 Å². The Morgan fingerprint density at radius 1 is 1.19 bits per heavy atom. The zero-order valence-corrected chi connectivity index (χ0v) is 13.1. The molecular weight excluding hydrogens is 262 g/mol. The van der Waals surface area contributed by atoms with E-state index in [4.69, 9.17) is 4.98 Å². The van der Waals surface area contributed by atoms with Crippen molar-refractivity contribution in [3.63, 3.8) is 0 Å². The summed E-state index contributed by atoms with van der Waals surface area (Å²) in [6.45, 7) is 5.40. The van der Waals surface area contributed by atoms with Crippen molar-refractivity contribution in [1.29, 1.82) is 0 Å². The maximum absolute atomic E-state index is 4.70. The molecule has 5 nitrogen and oxygen atoms in total. The largest absolute Gasteiger partial charge is 0.354 e. The van der Waals surface area contributed by atoms with Crippen LogP contribution in [0.2, 0.25) is 0 Å². The molecule has 1 saturated carbocycles. The third-order valence-corrected chi connectivity index (χ3v) is 5.03. The van der Waals surface area contributed by atoms with E-state index in [1.807, 2.05) is 6.20 Å². The van der Waals surface area contributed by atoms with Gasteiger partial charge in [0.2, 0.25) is 5.95 Å². The van der Waals surface area contributed by atoms with Crippen molar-refractivity contribution in [2.24, 2.45) is 5.92 Å². The predicted octanol–water partition coefficient (Wildman–Crippen LogP) is 2.44. The van der Waals surface area contributed by atoms with Gasteiger partial charge in [-0.15, -0.1) is 0 Å². The van der Waals surface area contributed by atoms with Gasteiger partial charge in [-0.25, -0.2) is 9.97 Å². The van der Waals surface area contributed by atoms with Gasteiger partial charge in [0.15, 0.2) is 0 Å². The second-order valence-electron chi connectivity index (χ2n) is 6.53. The first-order valence-corrected chi connectivity index (χ1v) is 8.32. The molecule has 1 aromatic heterocycles. The van der Waals surface area contributed by atoms with E-state index in [1.54, 1.807) is 0 Å². The maximum Gasteiger partial charge on any atom is 0.222 e. The summed E-state index contributed by atoms with van der Waals surface area (Å²) in [7, 11) is 0. The van der Waals surface area contributed by atoms with Crippen molar-refractivity contribution in [2.45, 2.75) is 64.0 Å². The van der Waals surface area contributed by atoms with Crippen LogP contribution in [0.25, 0.3) is 0 Å². The second-order valence-corrected chi connectivity index (χ2v) is 6.53. The highest BCUT2D eigenvalue weighted by molar-refractivity contribution is 5.26. The fourth-order valence-corrected chi connectivity index (χ4v) is 3.67. The SMILES string of the molecule is CC1NNC(C)C1CCNc1nccc(C2CCCC2)n1. The average Bonchev–Trinajstić information content (AvgIpc) is 3.13. The number of rotatable bonds is 5. The van der Waals surface area contributed by atoms with Crippen LogP contribution >= 0.6 is 0 Å². The van der Waals surface area contributed by atoms with Crippen LogP contribution in [0, 0.1) is 5.92 Å². The Morgan fingerprint density at radius 2 is 1.90 bits per heavy atom. The molecule has 1 aliphatic carbocycles. The lowest BCUT2D eigenvalue weighted by Crippen LogP contribution is -2.30. The summed E-state index contributed by atoms with van der Waals surface area (Å²) in [6.07, 6.45) is 8.27. The predicted molar refractivity (Wildman–Crippen MR) is 85.0 cm³/mol. The van der Waals surface area contributed by atoms with E-state index >= 15 is 0 Å². The number of hydrogen-bond acceptors (Lipinski definition) is 5. The molecule has 2 fully saturated rings. The molecule has 1 aliphatic heterocycles. The van der Waals surface area contributed by atoms with Gasteiger partial charge in [0.05, 0.1) is 0 Å². The topological polar surface area (TPSA) is 61.9 Å². The van der Waals surface area contributed by atoms with Crippen LogP contribution < -0.4 is 16.2 Å². The summed E-state index contributed by atoms with van der Waals surface area (Å²) < 4.78 is 0. The first kappa shape index (κ1) is 14.7. The summed E-state index contributed by atoms with van der Waals surface area (Å²) in [5.74, 6) is 2.09. The zero-order chi connectivity index (χ0) is 14.7. The Balaban J connectivity index is 1.52. The van der Waals surface area contributed by atoms with Crippen LogP contribution in [0.3, 0.4) is 0 Å². The Bertz CT molecular complexity index is 448. The lowest BCUT2D eigenvalue weighted by Gasteiger charge is -2.18. The molecule has 21 heavy (non-hydrogen) atoms. The molecule has 1 aromatic rings. The van der Waals surface area contributed by atoms with E-state index < -0.39 is 0 Å². The highest BCUT2D eigenvalue weighted by Gasteiger charge is 2.29. The molecule has 0 radical (unpaired) electrons. The molecule has 2 aliphatic rings. The van der Waals surface area contributed by atoms with Crippen LogP contribution in [0.1, 0.15) is 57.6 Å². The van der Waals surface area contributed by atoms with Gasteiger partial charge in [0, 0.05) is 36.4 Å². The summed E-state index contributed by atoms with van der Waals surface area (Å²) in [6, 6.07) is 3.12. The summed E-state index contributed by atoms with van der Waals surface area (Å²) in [4.78, 5) is 9.06. The molecule has 0 amide bonds. The van der Waals surface area contributed by atoms with Gasteiger partial charge in [-0.1, -0.05) is 12.8 Å². The van der Waals surface area contributed by atoms with Crippen molar-refractivity contribution in [1.82, 2.24) is 20.8 Å². The van der Waals surface area contributed by atoms with Crippen molar-refractivity contribution in [3.05, 3.63) is 18.0 Å². The Kier molecular flexibility index (Phi) is 4.70. The molecule has 0 aromatic carbocycles. The van der Waals surface area contributed by atoms with Gasteiger partial charge < -0.3 is 5.32 Å². The minimum absolute atomic E-state index is 0.521. The summed E-state index contributed by atoms with van der Waals surface area (Å²) in [5.41, 5.74) is 7.83. The van der Waals surface area contributed by atoms with Crippen LogP contribution in [-0.4, -0.2) is 28.6 Å². The van der Waals surface area contributed by atoms with Gasteiger partial charge in [0.1, 0.15) is 0 Å². The molecule has 1 saturated heterocycles. The highest BCUT2D eigenvalue weighted by Crippen LogP contribution is 2.33. The van der Waals surface area contributed by atoms with Crippen LogP contribution in [0.5, 0.6) is 0 Å². The Labute approximate surface area is 127 Å². The quantitative estimate of drug-likeness (QED) is 0.777. The van der Waals surface area contributed by atoms with Crippen molar-refractivity contribution >= 4 is 5.95 Å². The Hall–Kier alpha value is -1.20. The summed E-state index contributed by atoms with van der Waals surface area (Å²) >= 11 is 0. The first-order valence-electron chi connectivity index (χ1n) is 8.32. The van der Waals surface area contributed by atoms with E-state index in [0.717, 1.165) is 18.9 Å². The highest BCUT2D eigenvalue weighted by atomic mass is 15.4. The van der Waals surface area contributed by atoms with E-state index in [9.17, 15) is 0 Å². The van der Waals surface area contributed by atoms with Crippen LogP contribution in [0.4, 0.5) is 5.95 Å². The lowest BCUT2D eigenvalue weighted by atomic mass is 9.93. The number of nitrogens with one attached hydrogen (secondary N) is 3. The van der Waals surface area contributed by atoms with E-state index in [2.05, 4.69) is 41.1 Å². The molecule has 3 N–H and O–H groups in total. The molecule has 2 heterocycles. The minimum Gasteiger partial charge on any atom is -0.354 e. The maximum atomic E-state index is 4.70. The molecule has 2 unspecified atom stereocenters. The number of hydrazine groups is 1. The molecule has 3 rings (SSSR count). The first-order chi connectivity index (χ1) is 10.2. The number of anilines is 1. The van der Waals surface area contributed by atoms with E-state index in [-0.39, 0.29) is 0 Å². The van der Waals surface area contributed by atoms with Crippen molar-refractivity contribution in [3.8, 4) is 0 Å². The number of nitrogens with zero attached hydrogens (tertiary/aromatic N) is 2. The van der Waals surface area contributed by atoms with Crippen LogP contribution in [-0.2, 0) is 0 Å². The fourth-order valence-electron chi connectivity index (χ4n) is 3.67. The van der Waals surface area contributed by atoms with Crippen LogP contribution in [0.15, 0.2) is 12.3 Å². The van der Waals surface area contributed by atoms with Crippen molar-refractivity contribution < 1.29 is 0 Å². The monoisotopic (exact) mass is 289 g/mol. The van der Waals surface area contributed by atoms with E-state index in [1.165, 1.54) is 31.4 Å². The molecule has 0 bridgehead atoms. The third-order valence-electron chi connectivity index (χ3n) is 5.03. The fraction of sp³-hybridized carbons (Fsp3) is 0.750. The van der Waals surface area contributed by atoms with Gasteiger partial charge >= 0.3 is 0 Å². The molecule has 116 valence electrons. The normalized spacial score (nSPS) is 29.9. The molecular formula is C16H27N5. The molecule has 2 atom stereocenters. The Morgan fingerprint density at radius 3 is 2.62 bits per heavy atom. The average molecular weight is 289 g/mol. The van der Waals surface area contributed by atoms with Gasteiger partial charge in [-0.3, -0.25) is 10.9 Å². The number of hydrogen-bond donors (Lipinski definition) is 3. The molecule has 0 spiro atoms. The van der Waals surface area contributed by atoms with Gasteiger partial charge in [0.25, 0.3) is 0 Å². The van der Waals surface area contributed by atoms with Gasteiger partial charge in [-0.2, -0.15) is 0 Å². The van der Waals surface area contributed by atoms with Crippen molar-refractivity contribution in [2.75, 3.05) is 11.9 Å². The minimum atomic E-state index is 0.521.